The quantitative estimate of drug-likeness (QED) is 0.679. The van der Waals surface area contributed by atoms with Crippen molar-refractivity contribution in [3.63, 3.8) is 0 Å². The molecule has 0 spiro atoms. The molecule has 0 bridgehead atoms. The minimum Gasteiger partial charge on any atom is -0.117 e. The van der Waals surface area contributed by atoms with E-state index in [4.69, 9.17) is 11.6 Å². The molecule has 0 saturated carbocycles. The monoisotopic (exact) mass is 244 g/mol. The van der Waals surface area contributed by atoms with Gasteiger partial charge in [0.05, 0.1) is 5.38 Å². The third-order valence-electron chi connectivity index (χ3n) is 3.02. The summed E-state index contributed by atoms with van der Waals surface area (Å²) in [6.45, 7) is 4.22. The van der Waals surface area contributed by atoms with Gasteiger partial charge in [-0.15, -0.1) is 11.6 Å². The van der Waals surface area contributed by atoms with E-state index < -0.39 is 0 Å². The molecule has 17 heavy (non-hydrogen) atoms. The maximum Gasteiger partial charge on any atom is 0.0628 e. The van der Waals surface area contributed by atoms with Crippen LogP contribution in [-0.2, 0) is 6.42 Å². The molecule has 0 saturated heterocycles. The van der Waals surface area contributed by atoms with Gasteiger partial charge >= 0.3 is 0 Å². The molecule has 0 N–H and O–H groups in total. The van der Waals surface area contributed by atoms with Crippen LogP contribution < -0.4 is 0 Å². The van der Waals surface area contributed by atoms with Crippen LogP contribution in [-0.4, -0.2) is 0 Å². The molecule has 0 aliphatic rings. The first-order valence-corrected chi connectivity index (χ1v) is 6.35. The summed E-state index contributed by atoms with van der Waals surface area (Å²) >= 11 is 6.50. The Morgan fingerprint density at radius 3 is 2.47 bits per heavy atom. The first-order chi connectivity index (χ1) is 8.16. The van der Waals surface area contributed by atoms with E-state index in [1.165, 1.54) is 22.3 Å². The first kappa shape index (κ1) is 12.2. The maximum absolute atomic E-state index is 6.50. The van der Waals surface area contributed by atoms with Gasteiger partial charge in [0.15, 0.2) is 0 Å². The van der Waals surface area contributed by atoms with Gasteiger partial charge in [-0.3, -0.25) is 0 Å². The maximum atomic E-state index is 6.50. The number of rotatable bonds is 3. The van der Waals surface area contributed by atoms with Crippen molar-refractivity contribution in [2.24, 2.45) is 0 Å². The van der Waals surface area contributed by atoms with Crippen molar-refractivity contribution in [1.82, 2.24) is 0 Å². The third-order valence-corrected chi connectivity index (χ3v) is 3.41. The van der Waals surface area contributed by atoms with E-state index in [1.807, 2.05) is 6.07 Å². The van der Waals surface area contributed by atoms with Crippen LogP contribution in [0.25, 0.3) is 0 Å². The predicted molar refractivity (Wildman–Crippen MR) is 74.7 cm³/mol. The second kappa shape index (κ2) is 5.37. The molecule has 1 heteroatoms. The minimum atomic E-state index is 0.0537. The van der Waals surface area contributed by atoms with Crippen LogP contribution in [0.3, 0.4) is 0 Å². The van der Waals surface area contributed by atoms with Crippen LogP contribution in [0.1, 0.15) is 27.6 Å². The van der Waals surface area contributed by atoms with E-state index in [9.17, 15) is 0 Å². The van der Waals surface area contributed by atoms with Crippen molar-refractivity contribution in [3.8, 4) is 0 Å². The Labute approximate surface area is 108 Å². The highest BCUT2D eigenvalue weighted by Crippen LogP contribution is 2.27. The topological polar surface area (TPSA) is 0 Å². The highest BCUT2D eigenvalue weighted by Gasteiger charge is 2.10. The molecule has 88 valence electrons. The van der Waals surface area contributed by atoms with Crippen molar-refractivity contribution in [2.45, 2.75) is 25.6 Å². The van der Waals surface area contributed by atoms with Crippen LogP contribution in [0.2, 0.25) is 0 Å². The summed E-state index contributed by atoms with van der Waals surface area (Å²) in [5, 5.41) is 0.0537. The van der Waals surface area contributed by atoms with E-state index in [1.54, 1.807) is 0 Å². The summed E-state index contributed by atoms with van der Waals surface area (Å²) in [7, 11) is 0. The lowest BCUT2D eigenvalue weighted by Crippen LogP contribution is -1.98. The van der Waals surface area contributed by atoms with Crippen molar-refractivity contribution in [3.05, 3.63) is 70.8 Å². The predicted octanol–water partition coefficient (Wildman–Crippen LogP) is 4.83. The largest absolute Gasteiger partial charge is 0.117 e. The van der Waals surface area contributed by atoms with E-state index in [-0.39, 0.29) is 5.38 Å². The van der Waals surface area contributed by atoms with E-state index in [0.29, 0.717) is 0 Å². The molecule has 0 aromatic heterocycles. The lowest BCUT2D eigenvalue weighted by molar-refractivity contribution is 0.908. The van der Waals surface area contributed by atoms with Crippen molar-refractivity contribution in [1.29, 1.82) is 0 Å². The molecule has 2 aromatic rings. The fourth-order valence-electron chi connectivity index (χ4n) is 2.09. The highest BCUT2D eigenvalue weighted by atomic mass is 35.5. The molecule has 0 aliphatic heterocycles. The number of benzene rings is 2. The summed E-state index contributed by atoms with van der Waals surface area (Å²) in [6.07, 6.45) is 0.883. The number of aryl methyl sites for hydroxylation is 2. The van der Waals surface area contributed by atoms with Crippen molar-refractivity contribution in [2.75, 3.05) is 0 Å². The minimum absolute atomic E-state index is 0.0537. The molecule has 0 heterocycles. The molecular formula is C16H17Cl. The zero-order valence-corrected chi connectivity index (χ0v) is 11.0. The second-order valence-corrected chi connectivity index (χ2v) is 5.04. The highest BCUT2D eigenvalue weighted by molar-refractivity contribution is 6.21. The average molecular weight is 245 g/mol. The van der Waals surface area contributed by atoms with Gasteiger partial charge in [0.25, 0.3) is 0 Å². The normalized spacial score (nSPS) is 12.4. The van der Waals surface area contributed by atoms with Crippen LogP contribution in [0, 0.1) is 13.8 Å². The van der Waals surface area contributed by atoms with Crippen molar-refractivity contribution < 1.29 is 0 Å². The number of hydrogen-bond donors (Lipinski definition) is 0. The summed E-state index contributed by atoms with van der Waals surface area (Å²) in [5.74, 6) is 0. The molecule has 0 nitrogen and oxygen atoms in total. The fourth-order valence-corrected chi connectivity index (χ4v) is 2.52. The molecule has 1 unspecified atom stereocenters. The smallest absolute Gasteiger partial charge is 0.0628 e. The van der Waals surface area contributed by atoms with E-state index >= 15 is 0 Å². The lowest BCUT2D eigenvalue weighted by Gasteiger charge is -2.13. The molecule has 0 fully saturated rings. The Hall–Kier alpha value is -1.27. The van der Waals surface area contributed by atoms with Gasteiger partial charge < -0.3 is 0 Å². The van der Waals surface area contributed by atoms with Gasteiger partial charge in [0, 0.05) is 0 Å². The van der Waals surface area contributed by atoms with Gasteiger partial charge in [-0.1, -0.05) is 54.1 Å². The molecule has 2 aromatic carbocycles. The van der Waals surface area contributed by atoms with Gasteiger partial charge in [-0.25, -0.2) is 0 Å². The Morgan fingerprint density at radius 2 is 1.76 bits per heavy atom. The molecule has 0 radical (unpaired) electrons. The summed E-state index contributed by atoms with van der Waals surface area (Å²) in [5.41, 5.74) is 5.08. The van der Waals surface area contributed by atoms with Crippen molar-refractivity contribution >= 4 is 11.6 Å². The Morgan fingerprint density at radius 1 is 1.00 bits per heavy atom. The first-order valence-electron chi connectivity index (χ1n) is 5.92. The molecule has 2 rings (SSSR count). The van der Waals surface area contributed by atoms with E-state index in [2.05, 4.69) is 56.3 Å². The van der Waals surface area contributed by atoms with Crippen LogP contribution in [0.4, 0.5) is 0 Å². The summed E-state index contributed by atoms with van der Waals surface area (Å²) in [6, 6.07) is 16.9. The fraction of sp³-hybridized carbons (Fsp3) is 0.250. The summed E-state index contributed by atoms with van der Waals surface area (Å²) < 4.78 is 0. The van der Waals surface area contributed by atoms with Crippen LogP contribution in [0.5, 0.6) is 0 Å². The SMILES string of the molecule is Cc1cccc(CC(Cl)c2ccccc2C)c1. The van der Waals surface area contributed by atoms with Gasteiger partial charge in [0.1, 0.15) is 0 Å². The van der Waals surface area contributed by atoms with Crippen LogP contribution in [0.15, 0.2) is 48.5 Å². The van der Waals surface area contributed by atoms with E-state index in [0.717, 1.165) is 6.42 Å². The second-order valence-electron chi connectivity index (χ2n) is 4.52. The number of alkyl halides is 1. The standard InChI is InChI=1S/C16H17Cl/c1-12-6-5-8-14(10-12)11-16(17)15-9-4-3-7-13(15)2/h3-10,16H,11H2,1-2H3. The Balaban J connectivity index is 2.17. The van der Waals surface area contributed by atoms with Gasteiger partial charge in [0.2, 0.25) is 0 Å². The third kappa shape index (κ3) is 3.10. The average Bonchev–Trinajstić information content (AvgIpc) is 2.29. The zero-order valence-electron chi connectivity index (χ0n) is 10.3. The molecule has 0 aliphatic carbocycles. The molecule has 0 amide bonds. The number of hydrogen-bond acceptors (Lipinski definition) is 0. The van der Waals surface area contributed by atoms with Crippen LogP contribution >= 0.6 is 11.6 Å². The Bertz CT molecular complexity index is 502. The molecule has 1 atom stereocenters. The molecular weight excluding hydrogens is 228 g/mol. The summed E-state index contributed by atoms with van der Waals surface area (Å²) in [4.78, 5) is 0. The Kier molecular flexibility index (Phi) is 3.86. The number of halogens is 1. The lowest BCUT2D eigenvalue weighted by atomic mass is 9.99. The zero-order chi connectivity index (χ0) is 12.3. The van der Waals surface area contributed by atoms with Gasteiger partial charge in [-0.05, 0) is 37.0 Å². The van der Waals surface area contributed by atoms with Gasteiger partial charge in [-0.2, -0.15) is 0 Å².